The molecule has 1 atom stereocenters. The summed E-state index contributed by atoms with van der Waals surface area (Å²) in [7, 11) is 0. The van der Waals surface area contributed by atoms with Crippen molar-refractivity contribution in [3.05, 3.63) is 29.3 Å². The van der Waals surface area contributed by atoms with Crippen molar-refractivity contribution in [3.8, 4) is 11.4 Å². The van der Waals surface area contributed by atoms with Gasteiger partial charge in [0.15, 0.2) is 0 Å². The van der Waals surface area contributed by atoms with E-state index in [1.165, 1.54) is 4.80 Å². The molecule has 1 fully saturated rings. The van der Waals surface area contributed by atoms with Crippen molar-refractivity contribution < 1.29 is 4.79 Å². The molecule has 116 valence electrons. The van der Waals surface area contributed by atoms with Gasteiger partial charge in [-0.05, 0) is 36.4 Å². The molecule has 22 heavy (non-hydrogen) atoms. The predicted octanol–water partition coefficient (Wildman–Crippen LogP) is 0.814. The van der Waals surface area contributed by atoms with Gasteiger partial charge in [0, 0.05) is 36.3 Å². The molecule has 0 saturated carbocycles. The second-order valence-corrected chi connectivity index (χ2v) is 5.73. The molecule has 0 radical (unpaired) electrons. The Morgan fingerprint density at radius 1 is 1.41 bits per heavy atom. The van der Waals surface area contributed by atoms with Gasteiger partial charge in [0.25, 0.3) is 0 Å². The Kier molecular flexibility index (Phi) is 4.35. The van der Waals surface area contributed by atoms with Gasteiger partial charge >= 0.3 is 0 Å². The molecule has 1 aromatic carbocycles. The maximum Gasteiger partial charge on any atom is 0.246 e. The van der Waals surface area contributed by atoms with Crippen LogP contribution in [0, 0.1) is 0 Å². The number of hydrogen-bond acceptors (Lipinski definition) is 5. The average molecular weight is 321 g/mol. The summed E-state index contributed by atoms with van der Waals surface area (Å²) in [6, 6.07) is 7.37. The van der Waals surface area contributed by atoms with Crippen LogP contribution in [0.25, 0.3) is 11.4 Å². The number of rotatable bonds is 3. The Morgan fingerprint density at radius 2 is 2.18 bits per heavy atom. The maximum absolute atomic E-state index is 12.3. The first kappa shape index (κ1) is 14.9. The molecule has 1 aliphatic heterocycles. The molecule has 2 heterocycles. The van der Waals surface area contributed by atoms with E-state index in [-0.39, 0.29) is 18.5 Å². The van der Waals surface area contributed by atoms with Gasteiger partial charge in [-0.15, -0.1) is 10.2 Å². The third-order valence-electron chi connectivity index (χ3n) is 3.65. The fourth-order valence-electron chi connectivity index (χ4n) is 2.45. The zero-order chi connectivity index (χ0) is 15.5. The molecule has 7 nitrogen and oxygen atoms in total. The maximum atomic E-state index is 12.3. The largest absolute Gasteiger partial charge is 0.336 e. The van der Waals surface area contributed by atoms with Gasteiger partial charge in [-0.2, -0.15) is 4.80 Å². The normalized spacial score (nSPS) is 18.5. The minimum Gasteiger partial charge on any atom is -0.336 e. The molecule has 1 aliphatic rings. The second kappa shape index (κ2) is 6.41. The SMILES string of the molecule is CC1CNCCN1C(=O)Cn1nnc(-c2ccc(Cl)cc2)n1. The number of amides is 1. The second-order valence-electron chi connectivity index (χ2n) is 5.29. The number of carbonyl (C=O) groups is 1. The molecule has 8 heteroatoms. The zero-order valence-electron chi connectivity index (χ0n) is 12.2. The van der Waals surface area contributed by atoms with Gasteiger partial charge in [0.05, 0.1) is 0 Å². The molecule has 1 N–H and O–H groups in total. The van der Waals surface area contributed by atoms with E-state index >= 15 is 0 Å². The Bertz CT molecular complexity index is 656. The molecular formula is C14H17ClN6O. The first-order chi connectivity index (χ1) is 10.6. The van der Waals surface area contributed by atoms with Crippen LogP contribution in [0.3, 0.4) is 0 Å². The number of nitrogens with zero attached hydrogens (tertiary/aromatic N) is 5. The van der Waals surface area contributed by atoms with E-state index in [2.05, 4.69) is 20.7 Å². The quantitative estimate of drug-likeness (QED) is 0.906. The number of nitrogens with one attached hydrogen (secondary N) is 1. The minimum absolute atomic E-state index is 0.00839. The highest BCUT2D eigenvalue weighted by molar-refractivity contribution is 6.30. The van der Waals surface area contributed by atoms with Crippen LogP contribution in [0.4, 0.5) is 0 Å². The summed E-state index contributed by atoms with van der Waals surface area (Å²) in [6.07, 6.45) is 0. The van der Waals surface area contributed by atoms with Crippen molar-refractivity contribution in [1.82, 2.24) is 30.4 Å². The molecule has 3 rings (SSSR count). The van der Waals surface area contributed by atoms with Crippen molar-refractivity contribution in [2.45, 2.75) is 19.5 Å². The lowest BCUT2D eigenvalue weighted by Crippen LogP contribution is -2.53. The smallest absolute Gasteiger partial charge is 0.246 e. The van der Waals surface area contributed by atoms with Crippen LogP contribution in [0.2, 0.25) is 5.02 Å². The number of hydrogen-bond donors (Lipinski definition) is 1. The van der Waals surface area contributed by atoms with E-state index in [1.807, 2.05) is 24.0 Å². The van der Waals surface area contributed by atoms with Crippen LogP contribution in [0.5, 0.6) is 0 Å². The molecule has 1 amide bonds. The van der Waals surface area contributed by atoms with Crippen molar-refractivity contribution >= 4 is 17.5 Å². The molecule has 0 bridgehead atoms. The lowest BCUT2D eigenvalue weighted by molar-refractivity contribution is -0.135. The molecule has 2 aromatic rings. The molecule has 0 aliphatic carbocycles. The standard InChI is InChI=1S/C14H17ClN6O/c1-10-8-16-6-7-20(10)13(22)9-21-18-14(17-19-21)11-2-4-12(15)5-3-11/h2-5,10,16H,6-9H2,1H3. The van der Waals surface area contributed by atoms with Crippen LogP contribution in [0.1, 0.15) is 6.92 Å². The molecule has 1 aromatic heterocycles. The van der Waals surface area contributed by atoms with Crippen LogP contribution in [0.15, 0.2) is 24.3 Å². The van der Waals surface area contributed by atoms with Gasteiger partial charge in [0.1, 0.15) is 6.54 Å². The third kappa shape index (κ3) is 3.26. The molecular weight excluding hydrogens is 304 g/mol. The van der Waals surface area contributed by atoms with Gasteiger partial charge in [-0.1, -0.05) is 11.6 Å². The van der Waals surface area contributed by atoms with E-state index in [0.717, 1.165) is 18.7 Å². The number of piperazine rings is 1. The lowest BCUT2D eigenvalue weighted by Gasteiger charge is -2.33. The number of aromatic nitrogens is 4. The third-order valence-corrected chi connectivity index (χ3v) is 3.91. The summed E-state index contributed by atoms with van der Waals surface area (Å²) in [5, 5.41) is 16.1. The highest BCUT2D eigenvalue weighted by Crippen LogP contribution is 2.17. The topological polar surface area (TPSA) is 75.9 Å². The summed E-state index contributed by atoms with van der Waals surface area (Å²) in [5.41, 5.74) is 0.818. The summed E-state index contributed by atoms with van der Waals surface area (Å²) in [4.78, 5) is 15.5. The van der Waals surface area contributed by atoms with Gasteiger partial charge in [0.2, 0.25) is 11.7 Å². The summed E-state index contributed by atoms with van der Waals surface area (Å²) >= 11 is 5.86. The Labute approximate surface area is 133 Å². The summed E-state index contributed by atoms with van der Waals surface area (Å²) < 4.78 is 0. The van der Waals surface area contributed by atoms with E-state index in [0.29, 0.717) is 17.4 Å². The number of tetrazole rings is 1. The first-order valence-electron chi connectivity index (χ1n) is 7.17. The van der Waals surface area contributed by atoms with Crippen LogP contribution in [-0.2, 0) is 11.3 Å². The monoisotopic (exact) mass is 320 g/mol. The minimum atomic E-state index is 0.00839. The number of halogens is 1. The van der Waals surface area contributed by atoms with Crippen LogP contribution in [-0.4, -0.2) is 56.7 Å². The van der Waals surface area contributed by atoms with E-state index in [9.17, 15) is 4.79 Å². The summed E-state index contributed by atoms with van der Waals surface area (Å²) in [5.74, 6) is 0.492. The van der Waals surface area contributed by atoms with Crippen molar-refractivity contribution in [1.29, 1.82) is 0 Å². The Morgan fingerprint density at radius 3 is 2.91 bits per heavy atom. The molecule has 1 saturated heterocycles. The van der Waals surface area contributed by atoms with Gasteiger partial charge in [-0.3, -0.25) is 4.79 Å². The van der Waals surface area contributed by atoms with E-state index in [4.69, 9.17) is 11.6 Å². The average Bonchev–Trinajstić information content (AvgIpc) is 2.97. The number of benzene rings is 1. The number of carbonyl (C=O) groups excluding carboxylic acids is 1. The first-order valence-corrected chi connectivity index (χ1v) is 7.55. The highest BCUT2D eigenvalue weighted by Gasteiger charge is 2.23. The van der Waals surface area contributed by atoms with Gasteiger partial charge < -0.3 is 10.2 Å². The Hall–Kier alpha value is -1.99. The van der Waals surface area contributed by atoms with Gasteiger partial charge in [-0.25, -0.2) is 0 Å². The van der Waals surface area contributed by atoms with Crippen molar-refractivity contribution in [2.75, 3.05) is 19.6 Å². The predicted molar refractivity (Wildman–Crippen MR) is 82.3 cm³/mol. The van der Waals surface area contributed by atoms with E-state index in [1.54, 1.807) is 12.1 Å². The van der Waals surface area contributed by atoms with E-state index < -0.39 is 0 Å². The highest BCUT2D eigenvalue weighted by atomic mass is 35.5. The van der Waals surface area contributed by atoms with Crippen LogP contribution < -0.4 is 5.32 Å². The fourth-order valence-corrected chi connectivity index (χ4v) is 2.57. The Balaban J connectivity index is 1.68. The summed E-state index contributed by atoms with van der Waals surface area (Å²) in [6.45, 7) is 4.46. The van der Waals surface area contributed by atoms with Crippen molar-refractivity contribution in [2.24, 2.45) is 0 Å². The van der Waals surface area contributed by atoms with Crippen LogP contribution >= 0.6 is 11.6 Å². The molecule has 0 spiro atoms. The fraction of sp³-hybridized carbons (Fsp3) is 0.429. The lowest BCUT2D eigenvalue weighted by atomic mass is 10.2. The molecule has 1 unspecified atom stereocenters. The zero-order valence-corrected chi connectivity index (χ0v) is 13.0. The van der Waals surface area contributed by atoms with Crippen molar-refractivity contribution in [3.63, 3.8) is 0 Å².